The van der Waals surface area contributed by atoms with Gasteiger partial charge in [-0.25, -0.2) is 4.68 Å². The molecule has 1 fully saturated rings. The summed E-state index contributed by atoms with van der Waals surface area (Å²) in [5.41, 5.74) is 1.47. The molecule has 1 aliphatic carbocycles. The molecule has 0 spiro atoms. The van der Waals surface area contributed by atoms with E-state index in [1.54, 1.807) is 0 Å². The molecule has 1 aliphatic rings. The summed E-state index contributed by atoms with van der Waals surface area (Å²) >= 11 is 0. The van der Waals surface area contributed by atoms with Crippen molar-refractivity contribution in [1.82, 2.24) is 15.0 Å². The van der Waals surface area contributed by atoms with Crippen LogP contribution in [-0.2, 0) is 11.0 Å². The topological polar surface area (TPSA) is 30.7 Å². The predicted octanol–water partition coefficient (Wildman–Crippen LogP) is 2.08. The second-order valence-corrected chi connectivity index (χ2v) is 5.30. The van der Waals surface area contributed by atoms with Crippen molar-refractivity contribution in [2.75, 3.05) is 0 Å². The molecular formula is C10H17N3. The van der Waals surface area contributed by atoms with Gasteiger partial charge in [0.2, 0.25) is 0 Å². The molecule has 0 aromatic carbocycles. The smallest absolute Gasteiger partial charge is 0.0880 e. The van der Waals surface area contributed by atoms with E-state index in [9.17, 15) is 0 Å². The van der Waals surface area contributed by atoms with Crippen molar-refractivity contribution in [3.05, 3.63) is 11.9 Å². The maximum Gasteiger partial charge on any atom is 0.0880 e. The van der Waals surface area contributed by atoms with E-state index in [0.717, 1.165) is 5.69 Å². The highest BCUT2D eigenvalue weighted by Gasteiger charge is 2.41. The second-order valence-electron chi connectivity index (χ2n) is 5.30. The third-order valence-electron chi connectivity index (χ3n) is 2.79. The van der Waals surface area contributed by atoms with Crippen molar-refractivity contribution >= 4 is 0 Å². The molecule has 1 aromatic rings. The first-order valence-corrected chi connectivity index (χ1v) is 4.85. The van der Waals surface area contributed by atoms with Crippen LogP contribution in [0.3, 0.4) is 0 Å². The minimum Gasteiger partial charge on any atom is -0.246 e. The molecule has 0 amide bonds. The minimum absolute atomic E-state index is 0.115. The van der Waals surface area contributed by atoms with Crippen LogP contribution in [0.2, 0.25) is 0 Å². The predicted molar refractivity (Wildman–Crippen MR) is 51.6 cm³/mol. The molecular weight excluding hydrogens is 162 g/mol. The van der Waals surface area contributed by atoms with Gasteiger partial charge in [-0.2, -0.15) is 0 Å². The molecule has 0 aliphatic heterocycles. The summed E-state index contributed by atoms with van der Waals surface area (Å²) in [7, 11) is 0. The molecule has 3 nitrogen and oxygen atoms in total. The number of nitrogens with zero attached hydrogens (tertiary/aromatic N) is 3. The zero-order chi connectivity index (χ0) is 9.69. The zero-order valence-electron chi connectivity index (χ0n) is 8.83. The first kappa shape index (κ1) is 8.73. The molecule has 0 atom stereocenters. The number of aromatic nitrogens is 3. The van der Waals surface area contributed by atoms with Crippen LogP contribution in [0.1, 0.15) is 46.2 Å². The van der Waals surface area contributed by atoms with Crippen LogP contribution >= 0.6 is 0 Å². The largest absolute Gasteiger partial charge is 0.246 e. The molecule has 72 valence electrons. The maximum absolute atomic E-state index is 4.21. The fraction of sp³-hybridized carbons (Fsp3) is 0.800. The molecule has 0 N–H and O–H groups in total. The Kier molecular flexibility index (Phi) is 1.57. The Morgan fingerprint density at radius 2 is 2.00 bits per heavy atom. The summed E-state index contributed by atoms with van der Waals surface area (Å²) in [6.45, 7) is 8.72. The van der Waals surface area contributed by atoms with Crippen molar-refractivity contribution in [3.8, 4) is 0 Å². The lowest BCUT2D eigenvalue weighted by atomic mass is 9.93. The van der Waals surface area contributed by atoms with Gasteiger partial charge >= 0.3 is 0 Å². The van der Waals surface area contributed by atoms with Gasteiger partial charge < -0.3 is 0 Å². The number of rotatable bonds is 1. The standard InChI is InChI=1S/C10H17N3/c1-9(2,3)8-7-13(12-11-8)10(4)5-6-10/h7H,5-6H2,1-4H3. The van der Waals surface area contributed by atoms with Crippen LogP contribution in [0.25, 0.3) is 0 Å². The Labute approximate surface area is 79.1 Å². The second kappa shape index (κ2) is 2.34. The van der Waals surface area contributed by atoms with E-state index >= 15 is 0 Å². The quantitative estimate of drug-likeness (QED) is 0.661. The Morgan fingerprint density at radius 1 is 1.38 bits per heavy atom. The molecule has 0 bridgehead atoms. The Hall–Kier alpha value is -0.860. The van der Waals surface area contributed by atoms with E-state index in [1.807, 2.05) is 4.68 Å². The van der Waals surface area contributed by atoms with Crippen molar-refractivity contribution in [2.24, 2.45) is 0 Å². The minimum atomic E-state index is 0.115. The van der Waals surface area contributed by atoms with Crippen LogP contribution < -0.4 is 0 Å². The average Bonchev–Trinajstić information content (AvgIpc) is 2.60. The van der Waals surface area contributed by atoms with Gasteiger partial charge in [0, 0.05) is 11.6 Å². The van der Waals surface area contributed by atoms with Gasteiger partial charge in [0.05, 0.1) is 11.2 Å². The molecule has 1 aromatic heterocycles. The van der Waals surface area contributed by atoms with Gasteiger partial charge in [-0.1, -0.05) is 26.0 Å². The molecule has 1 saturated carbocycles. The molecule has 3 heteroatoms. The third kappa shape index (κ3) is 1.47. The normalized spacial score (nSPS) is 20.3. The Balaban J connectivity index is 2.29. The van der Waals surface area contributed by atoms with Crippen molar-refractivity contribution in [1.29, 1.82) is 0 Å². The van der Waals surface area contributed by atoms with E-state index in [-0.39, 0.29) is 11.0 Å². The van der Waals surface area contributed by atoms with Gasteiger partial charge in [0.25, 0.3) is 0 Å². The third-order valence-corrected chi connectivity index (χ3v) is 2.79. The molecule has 2 rings (SSSR count). The van der Waals surface area contributed by atoms with Crippen molar-refractivity contribution < 1.29 is 0 Å². The highest BCUT2D eigenvalue weighted by Crippen LogP contribution is 2.42. The molecule has 0 radical (unpaired) electrons. The summed E-state index contributed by atoms with van der Waals surface area (Å²) in [4.78, 5) is 0. The van der Waals surface area contributed by atoms with Gasteiger partial charge in [-0.3, -0.25) is 0 Å². The highest BCUT2D eigenvalue weighted by atomic mass is 15.5. The number of hydrogen-bond acceptors (Lipinski definition) is 2. The SMILES string of the molecule is CC(C)(C)c1cn(C2(C)CC2)nn1. The zero-order valence-corrected chi connectivity index (χ0v) is 8.83. The highest BCUT2D eigenvalue weighted by molar-refractivity contribution is 5.09. The van der Waals surface area contributed by atoms with Crippen molar-refractivity contribution in [3.63, 3.8) is 0 Å². The van der Waals surface area contributed by atoms with Crippen LogP contribution in [0.5, 0.6) is 0 Å². The lowest BCUT2D eigenvalue weighted by Crippen LogP contribution is -2.13. The summed E-state index contributed by atoms with van der Waals surface area (Å²) in [6, 6.07) is 0. The van der Waals surface area contributed by atoms with E-state index < -0.39 is 0 Å². The summed E-state index contributed by atoms with van der Waals surface area (Å²) in [5, 5.41) is 8.39. The van der Waals surface area contributed by atoms with Crippen LogP contribution in [0.4, 0.5) is 0 Å². The van der Waals surface area contributed by atoms with Crippen LogP contribution in [-0.4, -0.2) is 15.0 Å². The summed E-state index contributed by atoms with van der Waals surface area (Å²) < 4.78 is 2.02. The van der Waals surface area contributed by atoms with Gasteiger partial charge in [-0.05, 0) is 19.8 Å². The van der Waals surface area contributed by atoms with E-state index in [0.29, 0.717) is 0 Å². The van der Waals surface area contributed by atoms with E-state index in [2.05, 4.69) is 44.2 Å². The fourth-order valence-corrected chi connectivity index (χ4v) is 1.28. The van der Waals surface area contributed by atoms with Gasteiger partial charge in [0.1, 0.15) is 0 Å². The van der Waals surface area contributed by atoms with E-state index in [4.69, 9.17) is 0 Å². The maximum atomic E-state index is 4.21. The molecule has 0 unspecified atom stereocenters. The average molecular weight is 179 g/mol. The molecule has 0 saturated heterocycles. The molecule has 1 heterocycles. The lowest BCUT2D eigenvalue weighted by molar-refractivity contribution is 0.458. The monoisotopic (exact) mass is 179 g/mol. The van der Waals surface area contributed by atoms with Crippen molar-refractivity contribution in [2.45, 2.75) is 51.5 Å². The first-order chi connectivity index (χ1) is 5.92. The van der Waals surface area contributed by atoms with Gasteiger partial charge in [0.15, 0.2) is 0 Å². The Bertz CT molecular complexity index is 295. The number of hydrogen-bond donors (Lipinski definition) is 0. The van der Waals surface area contributed by atoms with Crippen LogP contribution in [0.15, 0.2) is 6.20 Å². The Morgan fingerprint density at radius 3 is 2.38 bits per heavy atom. The molecule has 13 heavy (non-hydrogen) atoms. The fourth-order valence-electron chi connectivity index (χ4n) is 1.28. The summed E-state index contributed by atoms with van der Waals surface area (Å²) in [5.74, 6) is 0. The van der Waals surface area contributed by atoms with E-state index in [1.165, 1.54) is 12.8 Å². The first-order valence-electron chi connectivity index (χ1n) is 4.85. The lowest BCUT2D eigenvalue weighted by Gasteiger charge is -2.13. The van der Waals surface area contributed by atoms with Gasteiger partial charge in [-0.15, -0.1) is 5.10 Å². The summed E-state index contributed by atoms with van der Waals surface area (Å²) in [6.07, 6.45) is 4.56. The van der Waals surface area contributed by atoms with Crippen LogP contribution in [0, 0.1) is 0 Å².